The number of carbonyl (C=O) groups excluding carboxylic acids is 1. The fraction of sp³-hybridized carbons (Fsp3) is 0.588. The Labute approximate surface area is 126 Å². The molecule has 3 rings (SSSR count). The maximum atomic E-state index is 12.7. The molecule has 1 aromatic rings. The maximum Gasteiger partial charge on any atom is 0.179 e. The average molecular weight is 292 g/mol. The van der Waals surface area contributed by atoms with E-state index >= 15 is 0 Å². The van der Waals surface area contributed by atoms with Crippen LogP contribution in [0.25, 0.3) is 0 Å². The van der Waals surface area contributed by atoms with E-state index in [1.807, 2.05) is 18.2 Å². The molecule has 1 aliphatic carbocycles. The highest BCUT2D eigenvalue weighted by atomic mass is 35.5. The van der Waals surface area contributed by atoms with Gasteiger partial charge in [-0.3, -0.25) is 9.69 Å². The quantitative estimate of drug-likeness (QED) is 0.779. The van der Waals surface area contributed by atoms with Crippen LogP contribution in [0.2, 0.25) is 5.02 Å². The number of likely N-dealkylation sites (tertiary alicyclic amines) is 1. The zero-order valence-electron chi connectivity index (χ0n) is 12.0. The van der Waals surface area contributed by atoms with Gasteiger partial charge in [0, 0.05) is 16.6 Å². The summed E-state index contributed by atoms with van der Waals surface area (Å²) in [5.41, 5.74) is 0.740. The van der Waals surface area contributed by atoms with Crippen LogP contribution in [0.15, 0.2) is 24.3 Å². The third-order valence-electron chi connectivity index (χ3n) is 5.04. The number of carbonyl (C=O) groups is 1. The Morgan fingerprint density at radius 3 is 2.90 bits per heavy atom. The summed E-state index contributed by atoms with van der Waals surface area (Å²) in [6.45, 7) is 3.13. The topological polar surface area (TPSA) is 20.3 Å². The largest absolute Gasteiger partial charge is 0.292 e. The lowest BCUT2D eigenvalue weighted by atomic mass is 9.85. The first kappa shape index (κ1) is 14.1. The van der Waals surface area contributed by atoms with Gasteiger partial charge in [0.25, 0.3) is 0 Å². The van der Waals surface area contributed by atoms with Gasteiger partial charge >= 0.3 is 0 Å². The SMILES string of the molecule is CC(C(=O)c1cccc(Cl)c1)N1CCC2CCCCC21. The molecule has 1 heterocycles. The summed E-state index contributed by atoms with van der Waals surface area (Å²) in [5, 5.41) is 0.639. The Hall–Kier alpha value is -0.860. The van der Waals surface area contributed by atoms with E-state index in [1.54, 1.807) is 6.07 Å². The third kappa shape index (κ3) is 2.64. The normalized spacial score (nSPS) is 28.1. The number of fused-ring (bicyclic) bond motifs is 1. The molecule has 3 atom stereocenters. The fourth-order valence-corrected chi connectivity index (χ4v) is 4.15. The fourth-order valence-electron chi connectivity index (χ4n) is 3.96. The Balaban J connectivity index is 1.75. The van der Waals surface area contributed by atoms with Gasteiger partial charge in [-0.1, -0.05) is 36.6 Å². The Kier molecular flexibility index (Phi) is 4.13. The van der Waals surface area contributed by atoms with E-state index in [2.05, 4.69) is 11.8 Å². The van der Waals surface area contributed by atoms with Crippen LogP contribution in [0.3, 0.4) is 0 Å². The molecular formula is C17H22ClNO. The first-order valence-electron chi connectivity index (χ1n) is 7.72. The van der Waals surface area contributed by atoms with Gasteiger partial charge in [-0.2, -0.15) is 0 Å². The number of benzene rings is 1. The van der Waals surface area contributed by atoms with Gasteiger partial charge in [-0.15, -0.1) is 0 Å². The van der Waals surface area contributed by atoms with Crippen molar-refractivity contribution < 1.29 is 4.79 Å². The molecule has 0 amide bonds. The average Bonchev–Trinajstić information content (AvgIpc) is 2.89. The zero-order chi connectivity index (χ0) is 14.1. The second-order valence-corrected chi connectivity index (χ2v) is 6.63. The first-order chi connectivity index (χ1) is 9.66. The van der Waals surface area contributed by atoms with E-state index in [1.165, 1.54) is 32.1 Å². The van der Waals surface area contributed by atoms with Crippen molar-refractivity contribution in [2.24, 2.45) is 5.92 Å². The van der Waals surface area contributed by atoms with Crippen LogP contribution in [-0.4, -0.2) is 29.3 Å². The highest BCUT2D eigenvalue weighted by Gasteiger charge is 2.39. The standard InChI is InChI=1S/C17H22ClNO/c1-12(17(20)14-6-4-7-15(18)11-14)19-10-9-13-5-2-3-8-16(13)19/h4,6-7,11-13,16H,2-3,5,8-10H2,1H3. The van der Waals surface area contributed by atoms with Crippen molar-refractivity contribution in [2.45, 2.75) is 51.1 Å². The van der Waals surface area contributed by atoms with E-state index in [4.69, 9.17) is 11.6 Å². The molecule has 0 bridgehead atoms. The Morgan fingerprint density at radius 2 is 2.10 bits per heavy atom. The molecule has 3 heteroatoms. The van der Waals surface area contributed by atoms with E-state index in [0.717, 1.165) is 18.0 Å². The number of rotatable bonds is 3. The minimum absolute atomic E-state index is 0.0263. The highest BCUT2D eigenvalue weighted by Crippen LogP contribution is 2.37. The molecule has 1 saturated carbocycles. The summed E-state index contributed by atoms with van der Waals surface area (Å²) in [6.07, 6.45) is 6.55. The van der Waals surface area contributed by atoms with Crippen LogP contribution in [0, 0.1) is 5.92 Å². The number of hydrogen-bond donors (Lipinski definition) is 0. The van der Waals surface area contributed by atoms with Crippen molar-refractivity contribution in [3.63, 3.8) is 0 Å². The zero-order valence-corrected chi connectivity index (χ0v) is 12.8. The van der Waals surface area contributed by atoms with Gasteiger partial charge in [0.2, 0.25) is 0 Å². The van der Waals surface area contributed by atoms with Crippen LogP contribution in [-0.2, 0) is 0 Å². The molecule has 2 nitrogen and oxygen atoms in total. The number of ketones is 1. The van der Waals surface area contributed by atoms with Crippen LogP contribution in [0.5, 0.6) is 0 Å². The molecule has 1 aliphatic heterocycles. The van der Waals surface area contributed by atoms with Gasteiger partial charge in [0.15, 0.2) is 5.78 Å². The molecule has 0 spiro atoms. The molecule has 1 saturated heterocycles. The summed E-state index contributed by atoms with van der Waals surface area (Å²) in [6, 6.07) is 7.93. The van der Waals surface area contributed by atoms with Crippen LogP contribution < -0.4 is 0 Å². The number of nitrogens with zero attached hydrogens (tertiary/aromatic N) is 1. The smallest absolute Gasteiger partial charge is 0.179 e. The van der Waals surface area contributed by atoms with Crippen molar-refractivity contribution in [3.8, 4) is 0 Å². The molecule has 3 unspecified atom stereocenters. The van der Waals surface area contributed by atoms with Crippen molar-refractivity contribution in [1.29, 1.82) is 0 Å². The molecule has 0 N–H and O–H groups in total. The minimum atomic E-state index is -0.0263. The van der Waals surface area contributed by atoms with Crippen molar-refractivity contribution in [2.75, 3.05) is 6.54 Å². The van der Waals surface area contributed by atoms with Crippen molar-refractivity contribution >= 4 is 17.4 Å². The summed E-state index contributed by atoms with van der Waals surface area (Å²) < 4.78 is 0. The molecule has 0 aromatic heterocycles. The molecular weight excluding hydrogens is 270 g/mol. The lowest BCUT2D eigenvalue weighted by Crippen LogP contribution is -2.44. The summed E-state index contributed by atoms with van der Waals surface area (Å²) in [5.74, 6) is 1.03. The van der Waals surface area contributed by atoms with Gasteiger partial charge in [0.05, 0.1) is 6.04 Å². The van der Waals surface area contributed by atoms with Crippen LogP contribution >= 0.6 is 11.6 Å². The van der Waals surface area contributed by atoms with E-state index in [0.29, 0.717) is 11.1 Å². The second-order valence-electron chi connectivity index (χ2n) is 6.19. The van der Waals surface area contributed by atoms with Gasteiger partial charge in [-0.25, -0.2) is 0 Å². The molecule has 1 aromatic carbocycles. The molecule has 108 valence electrons. The van der Waals surface area contributed by atoms with Gasteiger partial charge < -0.3 is 0 Å². The molecule has 2 fully saturated rings. The number of Topliss-reactive ketones (excluding diaryl/α,β-unsaturated/α-hetero) is 1. The first-order valence-corrected chi connectivity index (χ1v) is 8.10. The van der Waals surface area contributed by atoms with Crippen molar-refractivity contribution in [3.05, 3.63) is 34.9 Å². The van der Waals surface area contributed by atoms with Crippen molar-refractivity contribution in [1.82, 2.24) is 4.90 Å². The van der Waals surface area contributed by atoms with Crippen LogP contribution in [0.4, 0.5) is 0 Å². The second kappa shape index (κ2) is 5.87. The highest BCUT2D eigenvalue weighted by molar-refractivity contribution is 6.31. The lowest BCUT2D eigenvalue weighted by molar-refractivity contribution is 0.0771. The van der Waals surface area contributed by atoms with E-state index in [9.17, 15) is 4.79 Å². The summed E-state index contributed by atoms with van der Waals surface area (Å²) in [7, 11) is 0. The minimum Gasteiger partial charge on any atom is -0.292 e. The number of halogens is 1. The summed E-state index contributed by atoms with van der Waals surface area (Å²) in [4.78, 5) is 15.1. The molecule has 2 aliphatic rings. The van der Waals surface area contributed by atoms with Gasteiger partial charge in [-0.05, 0) is 50.8 Å². The predicted octanol–water partition coefficient (Wildman–Crippen LogP) is 4.18. The van der Waals surface area contributed by atoms with E-state index < -0.39 is 0 Å². The van der Waals surface area contributed by atoms with Crippen LogP contribution in [0.1, 0.15) is 49.4 Å². The summed E-state index contributed by atoms with van der Waals surface area (Å²) >= 11 is 6.00. The third-order valence-corrected chi connectivity index (χ3v) is 5.27. The predicted molar refractivity (Wildman–Crippen MR) is 82.3 cm³/mol. The lowest BCUT2D eigenvalue weighted by Gasteiger charge is -2.35. The molecule has 20 heavy (non-hydrogen) atoms. The molecule has 0 radical (unpaired) electrons. The van der Waals surface area contributed by atoms with Gasteiger partial charge in [0.1, 0.15) is 0 Å². The Morgan fingerprint density at radius 1 is 1.30 bits per heavy atom. The Bertz CT molecular complexity index is 502. The monoisotopic (exact) mass is 291 g/mol. The maximum absolute atomic E-state index is 12.7. The van der Waals surface area contributed by atoms with E-state index in [-0.39, 0.29) is 11.8 Å². The number of hydrogen-bond acceptors (Lipinski definition) is 2.